The summed E-state index contributed by atoms with van der Waals surface area (Å²) in [5.74, 6) is 0.186. The number of aromatic nitrogens is 2. The van der Waals surface area contributed by atoms with Crippen LogP contribution in [0.2, 0.25) is 0 Å². The summed E-state index contributed by atoms with van der Waals surface area (Å²) in [6.07, 6.45) is 7.04. The Kier molecular flexibility index (Phi) is 5.99. The molecule has 1 heterocycles. The predicted octanol–water partition coefficient (Wildman–Crippen LogP) is 3.86. The molecule has 0 bridgehead atoms. The minimum atomic E-state index is -0.0939. The molecule has 0 aliphatic carbocycles. The summed E-state index contributed by atoms with van der Waals surface area (Å²) in [5, 5.41) is 7.28. The first-order valence-electron chi connectivity index (χ1n) is 8.78. The first-order chi connectivity index (χ1) is 12.7. The minimum absolute atomic E-state index is 0.0939. The van der Waals surface area contributed by atoms with E-state index < -0.39 is 0 Å². The highest BCUT2D eigenvalue weighted by Gasteiger charge is 2.06. The van der Waals surface area contributed by atoms with Gasteiger partial charge in [0.05, 0.1) is 12.7 Å². The van der Waals surface area contributed by atoms with Gasteiger partial charge in [-0.1, -0.05) is 67.6 Å². The molecule has 132 valence electrons. The number of nitrogens with zero attached hydrogens (tertiary/aromatic N) is 2. The van der Waals surface area contributed by atoms with Crippen molar-refractivity contribution >= 4 is 12.0 Å². The zero-order valence-corrected chi connectivity index (χ0v) is 14.9. The quantitative estimate of drug-likeness (QED) is 0.661. The molecular weight excluding hydrogens is 322 g/mol. The summed E-state index contributed by atoms with van der Waals surface area (Å²) >= 11 is 0. The van der Waals surface area contributed by atoms with E-state index in [0.717, 1.165) is 12.1 Å². The molecule has 0 saturated heterocycles. The van der Waals surface area contributed by atoms with Gasteiger partial charge in [-0.2, -0.15) is 5.10 Å². The number of hydrogen-bond acceptors (Lipinski definition) is 2. The zero-order valence-electron chi connectivity index (χ0n) is 14.9. The third-order valence-corrected chi connectivity index (χ3v) is 4.22. The van der Waals surface area contributed by atoms with Crippen molar-refractivity contribution in [1.82, 2.24) is 15.1 Å². The lowest BCUT2D eigenvalue weighted by Gasteiger charge is -2.11. The Hall–Kier alpha value is -3.14. The topological polar surface area (TPSA) is 46.9 Å². The van der Waals surface area contributed by atoms with Gasteiger partial charge in [-0.15, -0.1) is 0 Å². The molecule has 2 aromatic carbocycles. The van der Waals surface area contributed by atoms with E-state index in [1.54, 1.807) is 18.3 Å². The van der Waals surface area contributed by atoms with Crippen LogP contribution in [-0.4, -0.2) is 22.2 Å². The second-order valence-corrected chi connectivity index (χ2v) is 6.35. The lowest BCUT2D eigenvalue weighted by Crippen LogP contribution is -2.25. The van der Waals surface area contributed by atoms with E-state index in [0.29, 0.717) is 6.54 Å². The number of hydrogen-bond donors (Lipinski definition) is 1. The van der Waals surface area contributed by atoms with Crippen LogP contribution in [0.15, 0.2) is 79.1 Å². The van der Waals surface area contributed by atoms with Gasteiger partial charge in [-0.25, -0.2) is 0 Å². The number of amides is 1. The summed E-state index contributed by atoms with van der Waals surface area (Å²) in [7, 11) is 0. The van der Waals surface area contributed by atoms with Crippen LogP contribution in [0.5, 0.6) is 0 Å². The van der Waals surface area contributed by atoms with Crippen molar-refractivity contribution in [3.8, 4) is 0 Å². The normalized spacial score (nSPS) is 12.2. The third kappa shape index (κ3) is 5.18. The maximum Gasteiger partial charge on any atom is 0.244 e. The van der Waals surface area contributed by atoms with E-state index in [1.165, 1.54) is 11.1 Å². The molecule has 3 rings (SSSR count). The Morgan fingerprint density at radius 1 is 1.12 bits per heavy atom. The van der Waals surface area contributed by atoms with E-state index in [9.17, 15) is 4.79 Å². The Morgan fingerprint density at radius 2 is 1.81 bits per heavy atom. The van der Waals surface area contributed by atoms with E-state index >= 15 is 0 Å². The fourth-order valence-electron chi connectivity index (χ4n) is 2.71. The monoisotopic (exact) mass is 345 g/mol. The molecule has 0 saturated carbocycles. The zero-order chi connectivity index (χ0) is 18.2. The van der Waals surface area contributed by atoms with Crippen LogP contribution in [0, 0.1) is 0 Å². The first kappa shape index (κ1) is 17.7. The van der Waals surface area contributed by atoms with Crippen molar-refractivity contribution in [1.29, 1.82) is 0 Å². The molecule has 1 amide bonds. The highest BCUT2D eigenvalue weighted by atomic mass is 16.1. The summed E-state index contributed by atoms with van der Waals surface area (Å²) in [4.78, 5) is 12.0. The second kappa shape index (κ2) is 8.81. The first-order valence-corrected chi connectivity index (χ1v) is 8.78. The van der Waals surface area contributed by atoms with Gasteiger partial charge in [0.2, 0.25) is 5.91 Å². The standard InChI is InChI=1S/C22H23N3O/c1-18(21-10-6-3-7-11-21)14-23-22(26)13-12-20-15-24-25(17-20)16-19-8-4-2-5-9-19/h2-13,15,17-18H,14,16H2,1H3,(H,23,26)/b13-12+/t18-/m1/s1. The van der Waals surface area contributed by atoms with Crippen LogP contribution in [0.4, 0.5) is 0 Å². The lowest BCUT2D eigenvalue weighted by atomic mass is 10.0. The Labute approximate surface area is 154 Å². The van der Waals surface area contributed by atoms with Crippen LogP contribution >= 0.6 is 0 Å². The van der Waals surface area contributed by atoms with Gasteiger partial charge in [0.25, 0.3) is 0 Å². The SMILES string of the molecule is C[C@H](CNC(=O)/C=C/c1cnn(Cc2ccccc2)c1)c1ccccc1. The lowest BCUT2D eigenvalue weighted by molar-refractivity contribution is -0.116. The second-order valence-electron chi connectivity index (χ2n) is 6.35. The molecule has 3 aromatic rings. The van der Waals surface area contributed by atoms with Gasteiger partial charge >= 0.3 is 0 Å². The van der Waals surface area contributed by atoms with Crippen molar-refractivity contribution in [2.75, 3.05) is 6.54 Å². The number of benzene rings is 2. The third-order valence-electron chi connectivity index (χ3n) is 4.22. The maximum atomic E-state index is 12.0. The van der Waals surface area contributed by atoms with E-state index in [-0.39, 0.29) is 11.8 Å². The van der Waals surface area contributed by atoms with Gasteiger partial charge in [0, 0.05) is 24.4 Å². The molecule has 4 nitrogen and oxygen atoms in total. The molecule has 0 aliphatic heterocycles. The summed E-state index contributed by atoms with van der Waals surface area (Å²) in [6, 6.07) is 20.3. The fraction of sp³-hybridized carbons (Fsp3) is 0.182. The molecule has 0 spiro atoms. The van der Waals surface area contributed by atoms with Crippen molar-refractivity contribution in [2.24, 2.45) is 0 Å². The molecule has 0 aliphatic rings. The fourth-order valence-corrected chi connectivity index (χ4v) is 2.71. The molecule has 0 fully saturated rings. The molecule has 4 heteroatoms. The number of rotatable bonds is 7. The number of nitrogens with one attached hydrogen (secondary N) is 1. The van der Waals surface area contributed by atoms with Crippen LogP contribution in [0.3, 0.4) is 0 Å². The molecule has 0 radical (unpaired) electrons. The van der Waals surface area contributed by atoms with E-state index in [1.807, 2.05) is 47.3 Å². The molecule has 0 unspecified atom stereocenters. The molecule has 1 aromatic heterocycles. The summed E-state index contributed by atoms with van der Waals surface area (Å²) in [5.41, 5.74) is 3.32. The van der Waals surface area contributed by atoms with Gasteiger partial charge in [-0.3, -0.25) is 9.48 Å². The molecule has 26 heavy (non-hydrogen) atoms. The molecule has 1 atom stereocenters. The van der Waals surface area contributed by atoms with Crippen molar-refractivity contribution in [3.05, 3.63) is 95.8 Å². The van der Waals surface area contributed by atoms with Crippen molar-refractivity contribution < 1.29 is 4.79 Å². The largest absolute Gasteiger partial charge is 0.352 e. The van der Waals surface area contributed by atoms with Gasteiger partial charge in [0.1, 0.15) is 0 Å². The van der Waals surface area contributed by atoms with Crippen LogP contribution < -0.4 is 5.32 Å². The van der Waals surface area contributed by atoms with Crippen LogP contribution in [-0.2, 0) is 11.3 Å². The molecular formula is C22H23N3O. The van der Waals surface area contributed by atoms with E-state index in [2.05, 4.69) is 41.6 Å². The predicted molar refractivity (Wildman–Crippen MR) is 105 cm³/mol. The maximum absolute atomic E-state index is 12.0. The van der Waals surface area contributed by atoms with Gasteiger partial charge < -0.3 is 5.32 Å². The van der Waals surface area contributed by atoms with E-state index in [4.69, 9.17) is 0 Å². The van der Waals surface area contributed by atoms with Crippen LogP contribution in [0.25, 0.3) is 6.08 Å². The highest BCUT2D eigenvalue weighted by Crippen LogP contribution is 2.13. The Balaban J connectivity index is 1.49. The Morgan fingerprint density at radius 3 is 2.54 bits per heavy atom. The summed E-state index contributed by atoms with van der Waals surface area (Å²) < 4.78 is 1.87. The Bertz CT molecular complexity index is 853. The van der Waals surface area contributed by atoms with Gasteiger partial charge in [-0.05, 0) is 23.1 Å². The minimum Gasteiger partial charge on any atom is -0.352 e. The molecule has 1 N–H and O–H groups in total. The van der Waals surface area contributed by atoms with Crippen molar-refractivity contribution in [2.45, 2.75) is 19.4 Å². The number of carbonyl (C=O) groups is 1. The van der Waals surface area contributed by atoms with Crippen molar-refractivity contribution in [3.63, 3.8) is 0 Å². The average Bonchev–Trinajstić information content (AvgIpc) is 3.13. The smallest absolute Gasteiger partial charge is 0.244 e. The highest BCUT2D eigenvalue weighted by molar-refractivity contribution is 5.91. The average molecular weight is 345 g/mol. The summed E-state index contributed by atoms with van der Waals surface area (Å²) in [6.45, 7) is 3.43. The number of carbonyl (C=O) groups excluding carboxylic acids is 1. The van der Waals surface area contributed by atoms with Gasteiger partial charge in [0.15, 0.2) is 0 Å². The van der Waals surface area contributed by atoms with Crippen LogP contribution in [0.1, 0.15) is 29.5 Å².